The molecular formula is C19H18N2O3. The van der Waals surface area contributed by atoms with Gasteiger partial charge in [0, 0.05) is 36.3 Å². The van der Waals surface area contributed by atoms with E-state index in [0.29, 0.717) is 11.1 Å². The first-order valence-corrected chi connectivity index (χ1v) is 7.71. The van der Waals surface area contributed by atoms with E-state index in [2.05, 4.69) is 4.98 Å². The first-order chi connectivity index (χ1) is 11.3. The van der Waals surface area contributed by atoms with Gasteiger partial charge in [-0.2, -0.15) is 0 Å². The highest BCUT2D eigenvalue weighted by Crippen LogP contribution is 2.41. The zero-order chi connectivity index (χ0) is 17.5. The molecule has 0 fully saturated rings. The largest absolute Gasteiger partial charge is 0.314 e. The topological polar surface area (TPSA) is 67.3 Å². The van der Waals surface area contributed by atoms with Gasteiger partial charge in [0.25, 0.3) is 0 Å². The number of hydrogen-bond acceptors (Lipinski definition) is 4. The quantitative estimate of drug-likeness (QED) is 0.641. The lowest BCUT2D eigenvalue weighted by Gasteiger charge is -2.16. The molecule has 122 valence electrons. The van der Waals surface area contributed by atoms with Crippen molar-refractivity contribution < 1.29 is 14.4 Å². The Bertz CT molecular complexity index is 841. The monoisotopic (exact) mass is 322 g/mol. The number of hydrogen-bond donors (Lipinski definition) is 0. The van der Waals surface area contributed by atoms with Crippen molar-refractivity contribution in [1.29, 1.82) is 0 Å². The number of amides is 1. The van der Waals surface area contributed by atoms with Crippen molar-refractivity contribution >= 4 is 23.2 Å². The van der Waals surface area contributed by atoms with Gasteiger partial charge < -0.3 is 4.90 Å². The number of rotatable bonds is 4. The second-order valence-corrected chi connectivity index (χ2v) is 6.49. The SMILES string of the molecule is CN1C(=O)C(C)(C)c2ccc(C(=O)CC(=O)c3cccnc3)cc21. The van der Waals surface area contributed by atoms with Crippen LogP contribution in [-0.4, -0.2) is 29.5 Å². The fourth-order valence-electron chi connectivity index (χ4n) is 3.03. The van der Waals surface area contributed by atoms with Gasteiger partial charge in [-0.25, -0.2) is 0 Å². The number of nitrogens with zero attached hydrogens (tertiary/aromatic N) is 2. The molecule has 1 amide bonds. The van der Waals surface area contributed by atoms with Crippen molar-refractivity contribution in [2.75, 3.05) is 11.9 Å². The van der Waals surface area contributed by atoms with E-state index >= 15 is 0 Å². The standard InChI is InChI=1S/C19H18N2O3/c1-19(2)14-7-6-12(9-15(14)21(3)18(19)24)16(22)10-17(23)13-5-4-8-20-11-13/h4-9,11H,10H2,1-3H3. The summed E-state index contributed by atoms with van der Waals surface area (Å²) < 4.78 is 0. The molecule has 2 heterocycles. The molecule has 0 N–H and O–H groups in total. The van der Waals surface area contributed by atoms with Gasteiger partial charge in [0.05, 0.1) is 11.8 Å². The first kappa shape index (κ1) is 16.1. The molecule has 0 saturated heterocycles. The predicted molar refractivity (Wildman–Crippen MR) is 90.4 cm³/mol. The predicted octanol–water partition coefficient (Wildman–Crippen LogP) is 2.79. The Morgan fingerprint density at radius 2 is 1.83 bits per heavy atom. The molecular weight excluding hydrogens is 304 g/mol. The smallest absolute Gasteiger partial charge is 0.236 e. The summed E-state index contributed by atoms with van der Waals surface area (Å²) in [6.07, 6.45) is 2.81. The number of anilines is 1. The van der Waals surface area contributed by atoms with Crippen LogP contribution in [0, 0.1) is 0 Å². The molecule has 0 unspecified atom stereocenters. The van der Waals surface area contributed by atoms with Crippen LogP contribution in [0.25, 0.3) is 0 Å². The van der Waals surface area contributed by atoms with Gasteiger partial charge in [0.2, 0.25) is 5.91 Å². The third-order valence-electron chi connectivity index (χ3n) is 4.50. The van der Waals surface area contributed by atoms with Crippen LogP contribution in [0.15, 0.2) is 42.7 Å². The van der Waals surface area contributed by atoms with E-state index in [9.17, 15) is 14.4 Å². The van der Waals surface area contributed by atoms with Crippen LogP contribution in [0.2, 0.25) is 0 Å². The Labute approximate surface area is 140 Å². The van der Waals surface area contributed by atoms with Crippen molar-refractivity contribution in [1.82, 2.24) is 4.98 Å². The molecule has 1 aromatic heterocycles. The highest BCUT2D eigenvalue weighted by atomic mass is 16.2. The van der Waals surface area contributed by atoms with Crippen molar-refractivity contribution in [3.05, 3.63) is 59.4 Å². The number of benzene rings is 1. The van der Waals surface area contributed by atoms with Crippen LogP contribution >= 0.6 is 0 Å². The number of ketones is 2. The van der Waals surface area contributed by atoms with Crippen LogP contribution in [-0.2, 0) is 10.2 Å². The van der Waals surface area contributed by atoms with E-state index in [4.69, 9.17) is 0 Å². The maximum absolute atomic E-state index is 12.4. The highest BCUT2D eigenvalue weighted by Gasteiger charge is 2.42. The normalized spacial score (nSPS) is 15.3. The van der Waals surface area contributed by atoms with Crippen LogP contribution in [0.1, 0.15) is 46.5 Å². The first-order valence-electron chi connectivity index (χ1n) is 7.71. The molecule has 5 nitrogen and oxygen atoms in total. The fourth-order valence-corrected chi connectivity index (χ4v) is 3.03. The molecule has 5 heteroatoms. The number of carbonyl (C=O) groups excluding carboxylic acids is 3. The van der Waals surface area contributed by atoms with Crippen LogP contribution in [0.3, 0.4) is 0 Å². The summed E-state index contributed by atoms with van der Waals surface area (Å²) in [5, 5.41) is 0. The molecule has 1 aromatic carbocycles. The zero-order valence-corrected chi connectivity index (χ0v) is 13.9. The van der Waals surface area contributed by atoms with Gasteiger partial charge in [-0.15, -0.1) is 0 Å². The Hall–Kier alpha value is -2.82. The number of fused-ring (bicyclic) bond motifs is 1. The van der Waals surface area contributed by atoms with Crippen LogP contribution < -0.4 is 4.90 Å². The minimum atomic E-state index is -0.600. The van der Waals surface area contributed by atoms with Crippen molar-refractivity contribution in [3.8, 4) is 0 Å². The number of pyridine rings is 1. The van der Waals surface area contributed by atoms with E-state index in [0.717, 1.165) is 11.3 Å². The molecule has 0 spiro atoms. The summed E-state index contributed by atoms with van der Waals surface area (Å²) in [7, 11) is 1.70. The Balaban J connectivity index is 1.86. The minimum Gasteiger partial charge on any atom is -0.314 e. The summed E-state index contributed by atoms with van der Waals surface area (Å²) in [6.45, 7) is 3.73. The molecule has 0 saturated carbocycles. The number of aromatic nitrogens is 1. The summed E-state index contributed by atoms with van der Waals surface area (Å²) in [5.74, 6) is -0.538. The van der Waals surface area contributed by atoms with Crippen LogP contribution in [0.5, 0.6) is 0 Å². The molecule has 0 atom stereocenters. The van der Waals surface area contributed by atoms with E-state index in [-0.39, 0.29) is 23.9 Å². The second-order valence-electron chi connectivity index (χ2n) is 6.49. The minimum absolute atomic E-state index is 0.00599. The fraction of sp³-hybridized carbons (Fsp3) is 0.263. The number of Topliss-reactive ketones (excluding diaryl/α,β-unsaturated/α-hetero) is 2. The summed E-state index contributed by atoms with van der Waals surface area (Å²) >= 11 is 0. The molecule has 1 aliphatic heterocycles. The van der Waals surface area contributed by atoms with Gasteiger partial charge in [-0.1, -0.05) is 12.1 Å². The Morgan fingerprint density at radius 1 is 1.12 bits per heavy atom. The lowest BCUT2D eigenvalue weighted by molar-refractivity contribution is -0.121. The second kappa shape index (κ2) is 5.67. The van der Waals surface area contributed by atoms with Gasteiger partial charge in [-0.05, 0) is 37.6 Å². The van der Waals surface area contributed by atoms with Gasteiger partial charge in [0.15, 0.2) is 11.6 Å². The molecule has 0 aliphatic carbocycles. The lowest BCUT2D eigenvalue weighted by atomic mass is 9.85. The molecule has 0 bridgehead atoms. The Morgan fingerprint density at radius 3 is 2.50 bits per heavy atom. The maximum atomic E-state index is 12.4. The summed E-state index contributed by atoms with van der Waals surface area (Å²) in [4.78, 5) is 42.4. The van der Waals surface area contributed by atoms with Crippen molar-refractivity contribution in [2.45, 2.75) is 25.7 Å². The van der Waals surface area contributed by atoms with Gasteiger partial charge >= 0.3 is 0 Å². The molecule has 0 radical (unpaired) electrons. The third kappa shape index (κ3) is 2.52. The highest BCUT2D eigenvalue weighted by molar-refractivity contribution is 6.14. The zero-order valence-electron chi connectivity index (χ0n) is 13.9. The van der Waals surface area contributed by atoms with Crippen molar-refractivity contribution in [3.63, 3.8) is 0 Å². The molecule has 1 aliphatic rings. The third-order valence-corrected chi connectivity index (χ3v) is 4.50. The van der Waals surface area contributed by atoms with Crippen molar-refractivity contribution in [2.24, 2.45) is 0 Å². The van der Waals surface area contributed by atoms with Gasteiger partial charge in [0.1, 0.15) is 0 Å². The van der Waals surface area contributed by atoms with Gasteiger partial charge in [-0.3, -0.25) is 19.4 Å². The van der Waals surface area contributed by atoms with E-state index < -0.39 is 5.41 Å². The maximum Gasteiger partial charge on any atom is 0.236 e. The van der Waals surface area contributed by atoms with E-state index in [1.54, 1.807) is 48.5 Å². The average molecular weight is 322 g/mol. The molecule has 24 heavy (non-hydrogen) atoms. The molecule has 2 aromatic rings. The van der Waals surface area contributed by atoms with E-state index in [1.807, 2.05) is 13.8 Å². The lowest BCUT2D eigenvalue weighted by Crippen LogP contribution is -2.33. The number of likely N-dealkylation sites (N-methyl/N-ethyl adjacent to an activating group) is 1. The van der Waals surface area contributed by atoms with Crippen LogP contribution in [0.4, 0.5) is 5.69 Å². The average Bonchev–Trinajstić information content (AvgIpc) is 2.76. The molecule has 3 rings (SSSR count). The number of carbonyl (C=O) groups is 3. The Kier molecular flexibility index (Phi) is 3.79. The summed E-state index contributed by atoms with van der Waals surface area (Å²) in [5.41, 5.74) is 1.87. The van der Waals surface area contributed by atoms with E-state index in [1.165, 1.54) is 6.20 Å². The summed E-state index contributed by atoms with van der Waals surface area (Å²) in [6, 6.07) is 8.49.